The number of amides is 2. The standard InChI is InChI=1S/C27H33ClN6O3/c1-18-14-19(10-11-29-18)26(36)31-27-30-22-16-24(37-4)21(28)15-23(22)34(27)20-8-5-6-13-33(17-20)25(35)9-7-12-32(2)3/h7,9-11,14-16,20H,5-6,8,12-13,17H2,1-4H3,(H,30,31,36)/b9-7+. The summed E-state index contributed by atoms with van der Waals surface area (Å²) in [5.41, 5.74) is 2.66. The number of aromatic nitrogens is 3. The number of anilines is 1. The highest BCUT2D eigenvalue weighted by atomic mass is 35.5. The third kappa shape index (κ3) is 6.29. The third-order valence-electron chi connectivity index (χ3n) is 6.40. The van der Waals surface area contributed by atoms with Gasteiger partial charge in [0.15, 0.2) is 0 Å². The molecule has 0 spiro atoms. The molecule has 2 amide bonds. The van der Waals surface area contributed by atoms with Gasteiger partial charge in [-0.05, 0) is 58.5 Å². The molecule has 4 rings (SSSR count). The summed E-state index contributed by atoms with van der Waals surface area (Å²) < 4.78 is 7.40. The van der Waals surface area contributed by atoms with Gasteiger partial charge in [0.1, 0.15) is 5.75 Å². The van der Waals surface area contributed by atoms with Gasteiger partial charge in [0.2, 0.25) is 11.9 Å². The minimum atomic E-state index is -0.284. The Labute approximate surface area is 222 Å². The Kier molecular flexibility index (Phi) is 8.45. The van der Waals surface area contributed by atoms with Crippen LogP contribution in [0.5, 0.6) is 5.75 Å². The van der Waals surface area contributed by atoms with Gasteiger partial charge in [-0.15, -0.1) is 0 Å². The highest BCUT2D eigenvalue weighted by molar-refractivity contribution is 6.32. The molecule has 37 heavy (non-hydrogen) atoms. The number of pyridine rings is 1. The molecule has 1 unspecified atom stereocenters. The maximum atomic E-state index is 13.2. The van der Waals surface area contributed by atoms with Gasteiger partial charge in [0, 0.05) is 49.2 Å². The van der Waals surface area contributed by atoms with Crippen LogP contribution in [0.3, 0.4) is 0 Å². The first-order valence-corrected chi connectivity index (χ1v) is 12.7. The van der Waals surface area contributed by atoms with Crippen LogP contribution >= 0.6 is 11.6 Å². The predicted octanol–water partition coefficient (Wildman–Crippen LogP) is 4.33. The maximum Gasteiger partial charge on any atom is 0.258 e. The number of halogens is 1. The second kappa shape index (κ2) is 11.7. The fourth-order valence-corrected chi connectivity index (χ4v) is 4.81. The summed E-state index contributed by atoms with van der Waals surface area (Å²) in [7, 11) is 5.48. The van der Waals surface area contributed by atoms with Crippen molar-refractivity contribution in [3.8, 4) is 5.75 Å². The van der Waals surface area contributed by atoms with Crippen molar-refractivity contribution in [3.63, 3.8) is 0 Å². The topological polar surface area (TPSA) is 92.6 Å². The molecular formula is C27H33ClN6O3. The highest BCUT2D eigenvalue weighted by Crippen LogP contribution is 2.35. The Bertz CT molecular complexity index is 1320. The molecule has 3 aromatic rings. The van der Waals surface area contributed by atoms with Crippen molar-refractivity contribution in [2.75, 3.05) is 46.2 Å². The van der Waals surface area contributed by atoms with Crippen LogP contribution in [0.4, 0.5) is 5.95 Å². The zero-order valence-electron chi connectivity index (χ0n) is 21.7. The van der Waals surface area contributed by atoms with Crippen LogP contribution in [0.2, 0.25) is 5.02 Å². The van der Waals surface area contributed by atoms with E-state index in [0.29, 0.717) is 47.4 Å². The molecule has 1 atom stereocenters. The first-order valence-electron chi connectivity index (χ1n) is 12.4. The van der Waals surface area contributed by atoms with Crippen molar-refractivity contribution in [2.24, 2.45) is 0 Å². The van der Waals surface area contributed by atoms with E-state index in [4.69, 9.17) is 21.3 Å². The number of ether oxygens (including phenoxy) is 1. The van der Waals surface area contributed by atoms with E-state index < -0.39 is 0 Å². The number of methoxy groups -OCH3 is 1. The summed E-state index contributed by atoms with van der Waals surface area (Å²) in [4.78, 5) is 39.0. The molecule has 1 aromatic carbocycles. The number of hydrogen-bond acceptors (Lipinski definition) is 6. The molecule has 1 saturated heterocycles. The summed E-state index contributed by atoms with van der Waals surface area (Å²) in [6, 6.07) is 6.88. The highest BCUT2D eigenvalue weighted by Gasteiger charge is 2.27. The SMILES string of the molecule is COc1cc2nc(NC(=O)c3ccnc(C)c3)n(C3CCCCN(C(=O)/C=C/CN(C)C)C3)c2cc1Cl. The van der Waals surface area contributed by atoms with Crippen molar-refractivity contribution in [1.82, 2.24) is 24.3 Å². The van der Waals surface area contributed by atoms with Gasteiger partial charge in [-0.1, -0.05) is 17.7 Å². The lowest BCUT2D eigenvalue weighted by Gasteiger charge is -2.26. The number of hydrogen-bond donors (Lipinski definition) is 1. The van der Waals surface area contributed by atoms with Gasteiger partial charge in [-0.25, -0.2) is 4.98 Å². The first-order chi connectivity index (χ1) is 17.8. The lowest BCUT2D eigenvalue weighted by molar-refractivity contribution is -0.126. The minimum absolute atomic E-state index is 0.0179. The van der Waals surface area contributed by atoms with E-state index in [1.807, 2.05) is 47.5 Å². The monoisotopic (exact) mass is 524 g/mol. The Hall–Kier alpha value is -3.43. The van der Waals surface area contributed by atoms with E-state index in [9.17, 15) is 9.59 Å². The van der Waals surface area contributed by atoms with Gasteiger partial charge in [-0.3, -0.25) is 19.9 Å². The molecular weight excluding hydrogens is 492 g/mol. The Morgan fingerprint density at radius 2 is 2.08 bits per heavy atom. The fourth-order valence-electron chi connectivity index (χ4n) is 4.57. The lowest BCUT2D eigenvalue weighted by Crippen LogP contribution is -2.34. The average Bonchev–Trinajstić information content (AvgIpc) is 3.02. The molecule has 1 N–H and O–H groups in total. The molecule has 1 fully saturated rings. The summed E-state index contributed by atoms with van der Waals surface area (Å²) in [5, 5.41) is 3.44. The zero-order valence-corrected chi connectivity index (χ0v) is 22.5. The molecule has 0 bridgehead atoms. The third-order valence-corrected chi connectivity index (χ3v) is 6.70. The number of likely N-dealkylation sites (N-methyl/N-ethyl adjacent to an activating group) is 1. The number of rotatable bonds is 7. The van der Waals surface area contributed by atoms with Gasteiger partial charge in [-0.2, -0.15) is 0 Å². The number of nitrogens with zero attached hydrogens (tertiary/aromatic N) is 5. The molecule has 10 heteroatoms. The number of nitrogens with one attached hydrogen (secondary N) is 1. The number of aryl methyl sites for hydroxylation is 1. The van der Waals surface area contributed by atoms with Gasteiger partial charge >= 0.3 is 0 Å². The Balaban J connectivity index is 1.71. The molecule has 0 radical (unpaired) electrons. The second-order valence-corrected chi connectivity index (χ2v) is 9.93. The van der Waals surface area contributed by atoms with Gasteiger partial charge in [0.25, 0.3) is 5.91 Å². The van der Waals surface area contributed by atoms with Gasteiger partial charge < -0.3 is 19.1 Å². The van der Waals surface area contributed by atoms with E-state index in [1.165, 1.54) is 0 Å². The van der Waals surface area contributed by atoms with Gasteiger partial charge in [0.05, 0.1) is 29.2 Å². The van der Waals surface area contributed by atoms with E-state index in [1.54, 1.807) is 37.6 Å². The largest absolute Gasteiger partial charge is 0.495 e. The molecule has 196 valence electrons. The van der Waals surface area contributed by atoms with Crippen molar-refractivity contribution in [2.45, 2.75) is 32.2 Å². The van der Waals surface area contributed by atoms with Crippen molar-refractivity contribution in [3.05, 3.63) is 58.9 Å². The number of fused-ring (bicyclic) bond motifs is 1. The minimum Gasteiger partial charge on any atom is -0.495 e. The number of carbonyl (C=O) groups is 2. The number of carbonyl (C=O) groups excluding carboxylic acids is 2. The van der Waals surface area contributed by atoms with E-state index >= 15 is 0 Å². The Morgan fingerprint density at radius 3 is 2.81 bits per heavy atom. The van der Waals surface area contributed by atoms with Crippen molar-refractivity contribution in [1.29, 1.82) is 0 Å². The number of likely N-dealkylation sites (tertiary alicyclic amines) is 1. The summed E-state index contributed by atoms with van der Waals surface area (Å²) in [6.07, 6.45) is 7.81. The number of imidazole rings is 1. The maximum absolute atomic E-state index is 13.2. The van der Waals surface area contributed by atoms with Crippen LogP contribution in [0.25, 0.3) is 11.0 Å². The molecule has 2 aromatic heterocycles. The molecule has 1 aliphatic heterocycles. The average molecular weight is 525 g/mol. The van der Waals surface area contributed by atoms with Crippen molar-refractivity contribution < 1.29 is 14.3 Å². The second-order valence-electron chi connectivity index (χ2n) is 9.52. The Morgan fingerprint density at radius 1 is 1.27 bits per heavy atom. The first kappa shape index (κ1) is 26.6. The summed E-state index contributed by atoms with van der Waals surface area (Å²) in [5.74, 6) is 0.607. The smallest absolute Gasteiger partial charge is 0.258 e. The van der Waals surface area contributed by atoms with E-state index in [2.05, 4.69) is 10.3 Å². The van der Waals surface area contributed by atoms with Crippen LogP contribution in [0, 0.1) is 6.92 Å². The number of benzene rings is 1. The van der Waals surface area contributed by atoms with Crippen LogP contribution in [-0.2, 0) is 4.79 Å². The van der Waals surface area contributed by atoms with Crippen LogP contribution in [0.15, 0.2) is 42.6 Å². The van der Waals surface area contributed by atoms with Crippen LogP contribution in [-0.4, -0.2) is 77.0 Å². The van der Waals surface area contributed by atoms with Crippen LogP contribution < -0.4 is 10.1 Å². The fraction of sp³-hybridized carbons (Fsp3) is 0.407. The lowest BCUT2D eigenvalue weighted by atomic mass is 10.1. The van der Waals surface area contributed by atoms with E-state index in [0.717, 1.165) is 30.5 Å². The molecule has 0 saturated carbocycles. The summed E-state index contributed by atoms with van der Waals surface area (Å²) in [6.45, 7) is 3.71. The summed E-state index contributed by atoms with van der Waals surface area (Å²) >= 11 is 6.50. The predicted molar refractivity (Wildman–Crippen MR) is 145 cm³/mol. The van der Waals surface area contributed by atoms with E-state index in [-0.39, 0.29) is 17.9 Å². The molecule has 1 aliphatic rings. The molecule has 9 nitrogen and oxygen atoms in total. The van der Waals surface area contributed by atoms with Crippen LogP contribution in [0.1, 0.15) is 41.4 Å². The molecule has 3 heterocycles. The van der Waals surface area contributed by atoms with Crippen molar-refractivity contribution >= 4 is 40.4 Å². The zero-order chi connectivity index (χ0) is 26.5. The molecule has 0 aliphatic carbocycles. The quantitative estimate of drug-likeness (QED) is 0.463. The normalized spacial score (nSPS) is 16.4.